The molecule has 2 N–H and O–H groups in total. The van der Waals surface area contributed by atoms with Gasteiger partial charge in [0.05, 0.1) is 18.4 Å². The lowest BCUT2D eigenvalue weighted by Crippen LogP contribution is -2.36. The van der Waals surface area contributed by atoms with Crippen molar-refractivity contribution in [2.75, 3.05) is 6.54 Å². The lowest BCUT2D eigenvalue weighted by atomic mass is 10.1. The summed E-state index contributed by atoms with van der Waals surface area (Å²) < 4.78 is 5.51. The van der Waals surface area contributed by atoms with Crippen molar-refractivity contribution in [2.45, 2.75) is 45.9 Å². The van der Waals surface area contributed by atoms with Crippen molar-refractivity contribution < 1.29 is 9.53 Å². The predicted octanol–water partition coefficient (Wildman–Crippen LogP) is 1.49. The van der Waals surface area contributed by atoms with Crippen LogP contribution in [0.5, 0.6) is 5.75 Å². The van der Waals surface area contributed by atoms with Crippen molar-refractivity contribution in [3.05, 3.63) is 24.0 Å². The Balaban J connectivity index is 2.51. The normalized spacial score (nSPS) is 12.3. The second kappa shape index (κ2) is 7.65. The zero-order valence-electron chi connectivity index (χ0n) is 13.1. The van der Waals surface area contributed by atoms with Gasteiger partial charge < -0.3 is 15.4 Å². The van der Waals surface area contributed by atoms with Gasteiger partial charge in [-0.25, -0.2) is 0 Å². The van der Waals surface area contributed by atoms with Crippen LogP contribution in [0, 0.1) is 12.3 Å². The zero-order chi connectivity index (χ0) is 15.9. The highest BCUT2D eigenvalue weighted by Gasteiger charge is 2.14. The quantitative estimate of drug-likeness (QED) is 0.779. The maximum absolute atomic E-state index is 11.6. The molecule has 114 valence electrons. The van der Waals surface area contributed by atoms with Gasteiger partial charge in [0, 0.05) is 12.1 Å². The van der Waals surface area contributed by atoms with E-state index in [0.29, 0.717) is 12.3 Å². The topological polar surface area (TPSA) is 63.2 Å². The van der Waals surface area contributed by atoms with Crippen molar-refractivity contribution in [1.82, 2.24) is 15.6 Å². The first kappa shape index (κ1) is 17.0. The number of nitrogens with zero attached hydrogens (tertiary/aromatic N) is 1. The molecule has 0 saturated carbocycles. The number of aromatic nitrogens is 1. The molecule has 0 aliphatic carbocycles. The zero-order valence-corrected chi connectivity index (χ0v) is 13.1. The second-order valence-corrected chi connectivity index (χ2v) is 5.77. The van der Waals surface area contributed by atoms with Crippen LogP contribution in [-0.4, -0.2) is 29.1 Å². The lowest BCUT2D eigenvalue weighted by Gasteiger charge is -2.20. The van der Waals surface area contributed by atoms with Crippen LogP contribution >= 0.6 is 0 Å². The molecule has 1 unspecified atom stereocenters. The molecule has 1 rings (SSSR count). The largest absolute Gasteiger partial charge is 0.479 e. The molecule has 0 aliphatic heterocycles. The fourth-order valence-corrected chi connectivity index (χ4v) is 1.48. The van der Waals surface area contributed by atoms with E-state index in [2.05, 4.69) is 42.3 Å². The minimum Gasteiger partial charge on any atom is -0.479 e. The summed E-state index contributed by atoms with van der Waals surface area (Å²) in [6, 6.07) is 3.68. The number of amides is 1. The van der Waals surface area contributed by atoms with Crippen molar-refractivity contribution in [3.63, 3.8) is 0 Å². The van der Waals surface area contributed by atoms with E-state index in [-0.39, 0.29) is 18.0 Å². The summed E-state index contributed by atoms with van der Waals surface area (Å²) in [5.41, 5.74) is 0.960. The molecule has 1 atom stereocenters. The molecule has 0 fully saturated rings. The van der Waals surface area contributed by atoms with Crippen LogP contribution in [0.2, 0.25) is 0 Å². The molecule has 0 saturated heterocycles. The SMILES string of the molecule is C#CCNC(=O)C(C)Oc1ccc(CNC(C)(C)C)nc1. The van der Waals surface area contributed by atoms with Crippen molar-refractivity contribution in [2.24, 2.45) is 0 Å². The Kier molecular flexibility index (Phi) is 6.19. The first-order valence-corrected chi connectivity index (χ1v) is 6.89. The molecule has 0 aromatic carbocycles. The smallest absolute Gasteiger partial charge is 0.261 e. The molecular formula is C16H23N3O2. The molecule has 21 heavy (non-hydrogen) atoms. The van der Waals surface area contributed by atoms with E-state index in [1.54, 1.807) is 19.2 Å². The third-order valence-electron chi connectivity index (χ3n) is 2.64. The molecule has 1 aromatic rings. The Morgan fingerprint density at radius 1 is 1.48 bits per heavy atom. The predicted molar refractivity (Wildman–Crippen MR) is 82.8 cm³/mol. The lowest BCUT2D eigenvalue weighted by molar-refractivity contribution is -0.127. The van der Waals surface area contributed by atoms with Crippen LogP contribution in [0.25, 0.3) is 0 Å². The van der Waals surface area contributed by atoms with Gasteiger partial charge in [0.1, 0.15) is 5.75 Å². The molecule has 1 heterocycles. The van der Waals surface area contributed by atoms with Gasteiger partial charge >= 0.3 is 0 Å². The molecule has 1 amide bonds. The molecule has 5 heteroatoms. The minimum atomic E-state index is -0.612. The maximum atomic E-state index is 11.6. The molecule has 0 radical (unpaired) electrons. The summed E-state index contributed by atoms with van der Waals surface area (Å²) in [6.07, 6.45) is 6.09. The molecule has 5 nitrogen and oxygen atoms in total. The van der Waals surface area contributed by atoms with E-state index in [1.807, 2.05) is 6.07 Å². The molecule has 0 spiro atoms. The van der Waals surface area contributed by atoms with Gasteiger partial charge in [0.2, 0.25) is 0 Å². The van der Waals surface area contributed by atoms with Crippen molar-refractivity contribution in [1.29, 1.82) is 0 Å². The monoisotopic (exact) mass is 289 g/mol. The minimum absolute atomic E-state index is 0.0421. The summed E-state index contributed by atoms with van der Waals surface area (Å²) in [4.78, 5) is 15.9. The van der Waals surface area contributed by atoms with Gasteiger partial charge in [0.25, 0.3) is 5.91 Å². The molecule has 0 bridgehead atoms. The average molecular weight is 289 g/mol. The standard InChI is InChI=1S/C16H23N3O2/c1-6-9-17-15(20)12(2)21-14-8-7-13(18-11-14)10-19-16(3,4)5/h1,7-8,11-12,19H,9-10H2,2-5H3,(H,17,20). The highest BCUT2D eigenvalue weighted by atomic mass is 16.5. The van der Waals surface area contributed by atoms with Gasteiger partial charge in [-0.15, -0.1) is 6.42 Å². The highest BCUT2D eigenvalue weighted by Crippen LogP contribution is 2.12. The number of pyridine rings is 1. The second-order valence-electron chi connectivity index (χ2n) is 5.77. The van der Waals surface area contributed by atoms with Gasteiger partial charge in [0.15, 0.2) is 6.10 Å². The van der Waals surface area contributed by atoms with Crippen molar-refractivity contribution in [3.8, 4) is 18.1 Å². The maximum Gasteiger partial charge on any atom is 0.261 e. The number of carbonyl (C=O) groups excluding carboxylic acids is 1. The summed E-state index contributed by atoms with van der Waals surface area (Å²) in [7, 11) is 0. The average Bonchev–Trinajstić information content (AvgIpc) is 2.43. The highest BCUT2D eigenvalue weighted by molar-refractivity contribution is 5.80. The number of nitrogens with one attached hydrogen (secondary N) is 2. The van der Waals surface area contributed by atoms with Crippen LogP contribution in [0.15, 0.2) is 18.3 Å². The number of terminal acetylenes is 1. The summed E-state index contributed by atoms with van der Waals surface area (Å²) in [6.45, 7) is 8.84. The summed E-state index contributed by atoms with van der Waals surface area (Å²) in [5, 5.41) is 5.92. The van der Waals surface area contributed by atoms with Gasteiger partial charge in [-0.1, -0.05) is 5.92 Å². The molecule has 0 aliphatic rings. The Morgan fingerprint density at radius 3 is 2.71 bits per heavy atom. The fourth-order valence-electron chi connectivity index (χ4n) is 1.48. The first-order valence-electron chi connectivity index (χ1n) is 6.89. The Hall–Kier alpha value is -2.06. The van der Waals surface area contributed by atoms with E-state index in [0.717, 1.165) is 5.69 Å². The summed E-state index contributed by atoms with van der Waals surface area (Å²) in [5.74, 6) is 2.65. The van der Waals surface area contributed by atoms with E-state index in [9.17, 15) is 4.79 Å². The summed E-state index contributed by atoms with van der Waals surface area (Å²) >= 11 is 0. The number of hydrogen-bond donors (Lipinski definition) is 2. The number of hydrogen-bond acceptors (Lipinski definition) is 4. The van der Waals surface area contributed by atoms with Crippen LogP contribution < -0.4 is 15.4 Å². The van der Waals surface area contributed by atoms with Crippen LogP contribution in [0.4, 0.5) is 0 Å². The first-order chi connectivity index (χ1) is 9.81. The third-order valence-corrected chi connectivity index (χ3v) is 2.64. The van der Waals surface area contributed by atoms with E-state index >= 15 is 0 Å². The van der Waals surface area contributed by atoms with E-state index in [1.165, 1.54) is 0 Å². The Labute approximate surface area is 126 Å². The van der Waals surface area contributed by atoms with Gasteiger partial charge in [-0.2, -0.15) is 0 Å². The van der Waals surface area contributed by atoms with Crippen LogP contribution in [-0.2, 0) is 11.3 Å². The van der Waals surface area contributed by atoms with E-state index < -0.39 is 6.10 Å². The fraction of sp³-hybridized carbons (Fsp3) is 0.500. The molecule has 1 aromatic heterocycles. The van der Waals surface area contributed by atoms with E-state index in [4.69, 9.17) is 11.2 Å². The third kappa shape index (κ3) is 6.77. The van der Waals surface area contributed by atoms with Crippen molar-refractivity contribution >= 4 is 5.91 Å². The molecular weight excluding hydrogens is 266 g/mol. The number of rotatable bonds is 6. The van der Waals surface area contributed by atoms with Crippen LogP contribution in [0.3, 0.4) is 0 Å². The Bertz CT molecular complexity index is 498. The van der Waals surface area contributed by atoms with Gasteiger partial charge in [-0.05, 0) is 39.8 Å². The van der Waals surface area contributed by atoms with Crippen LogP contribution in [0.1, 0.15) is 33.4 Å². The Morgan fingerprint density at radius 2 is 2.19 bits per heavy atom. The van der Waals surface area contributed by atoms with Gasteiger partial charge in [-0.3, -0.25) is 9.78 Å². The number of ether oxygens (including phenoxy) is 1. The number of carbonyl (C=O) groups is 1.